The fourth-order valence-corrected chi connectivity index (χ4v) is 6.07. The smallest absolute Gasteiger partial charge is 0.123 e. The normalized spacial score (nSPS) is 11.7. The SMILES string of the molecule is CC(C)Nc1ccccc1/C(=C/CP(c1ccccc1)c1ccccc1)c1ccc(F)cc1. The molecule has 0 aliphatic carbocycles. The van der Waals surface area contributed by atoms with Crippen LogP contribution in [0.25, 0.3) is 5.57 Å². The van der Waals surface area contributed by atoms with Gasteiger partial charge in [0.15, 0.2) is 0 Å². The Bertz CT molecular complexity index is 1150. The number of halogens is 1. The number of hydrogen-bond donors (Lipinski definition) is 1. The van der Waals surface area contributed by atoms with Gasteiger partial charge in [-0.05, 0) is 67.9 Å². The maximum atomic E-state index is 13.7. The molecule has 3 heteroatoms. The first kappa shape index (κ1) is 23.0. The molecule has 0 aromatic heterocycles. The van der Waals surface area contributed by atoms with Gasteiger partial charge in [0.05, 0.1) is 0 Å². The second-order valence-corrected chi connectivity index (χ2v) is 10.5. The minimum atomic E-state index is -0.568. The summed E-state index contributed by atoms with van der Waals surface area (Å²) in [5.41, 5.74) is 4.37. The molecule has 0 radical (unpaired) electrons. The van der Waals surface area contributed by atoms with E-state index in [1.807, 2.05) is 12.1 Å². The van der Waals surface area contributed by atoms with Crippen LogP contribution in [0, 0.1) is 5.82 Å². The molecular weight excluding hydrogens is 424 g/mol. The predicted molar refractivity (Wildman–Crippen MR) is 143 cm³/mol. The molecule has 166 valence electrons. The molecular formula is C30H29FNP. The van der Waals surface area contributed by atoms with Crippen LogP contribution >= 0.6 is 7.92 Å². The van der Waals surface area contributed by atoms with Gasteiger partial charge in [-0.1, -0.05) is 97.1 Å². The highest BCUT2D eigenvalue weighted by Crippen LogP contribution is 2.37. The molecule has 0 saturated heterocycles. The second-order valence-electron chi connectivity index (χ2n) is 8.25. The van der Waals surface area contributed by atoms with Gasteiger partial charge in [-0.3, -0.25) is 0 Å². The molecule has 0 unspecified atom stereocenters. The predicted octanol–water partition coefficient (Wildman–Crippen LogP) is 7.21. The zero-order valence-electron chi connectivity index (χ0n) is 19.1. The summed E-state index contributed by atoms with van der Waals surface area (Å²) in [4.78, 5) is 0. The minimum absolute atomic E-state index is 0.220. The first-order chi connectivity index (χ1) is 16.1. The summed E-state index contributed by atoms with van der Waals surface area (Å²) in [6, 6.07) is 37.0. The van der Waals surface area contributed by atoms with Gasteiger partial charge in [-0.15, -0.1) is 0 Å². The Hall–Kier alpha value is -3.22. The van der Waals surface area contributed by atoms with Crippen molar-refractivity contribution in [1.82, 2.24) is 0 Å². The number of rotatable bonds is 8. The summed E-state index contributed by atoms with van der Waals surface area (Å²) >= 11 is 0. The zero-order valence-corrected chi connectivity index (χ0v) is 20.0. The van der Waals surface area contributed by atoms with E-state index < -0.39 is 7.92 Å². The molecule has 0 bridgehead atoms. The van der Waals surface area contributed by atoms with Crippen LogP contribution in [-0.4, -0.2) is 12.2 Å². The van der Waals surface area contributed by atoms with Crippen LogP contribution in [0.1, 0.15) is 25.0 Å². The van der Waals surface area contributed by atoms with Gasteiger partial charge >= 0.3 is 0 Å². The third kappa shape index (κ3) is 5.97. The van der Waals surface area contributed by atoms with Crippen molar-refractivity contribution in [3.05, 3.63) is 132 Å². The van der Waals surface area contributed by atoms with E-state index in [9.17, 15) is 4.39 Å². The number of para-hydroxylation sites is 1. The van der Waals surface area contributed by atoms with Crippen LogP contribution in [0.4, 0.5) is 10.1 Å². The quantitative estimate of drug-likeness (QED) is 0.278. The standard InChI is InChI=1S/C30H29FNP/c1-23(2)32-30-16-10-9-15-29(30)28(24-17-19-25(31)20-18-24)21-22-33(26-11-5-3-6-12-26)27-13-7-4-8-14-27/h3-21,23,32H,22H2,1-2H3/b28-21+. The molecule has 1 nitrogen and oxygen atoms in total. The average molecular weight is 454 g/mol. The van der Waals surface area contributed by atoms with Crippen molar-refractivity contribution in [2.75, 3.05) is 11.5 Å². The molecule has 0 amide bonds. The average Bonchev–Trinajstić information content (AvgIpc) is 2.84. The van der Waals surface area contributed by atoms with E-state index >= 15 is 0 Å². The Balaban J connectivity index is 1.80. The highest BCUT2D eigenvalue weighted by Gasteiger charge is 2.15. The van der Waals surface area contributed by atoms with Gasteiger partial charge in [0.2, 0.25) is 0 Å². The number of hydrogen-bond acceptors (Lipinski definition) is 1. The third-order valence-corrected chi connectivity index (χ3v) is 7.82. The highest BCUT2D eigenvalue weighted by molar-refractivity contribution is 7.73. The summed E-state index contributed by atoms with van der Waals surface area (Å²) in [5, 5.41) is 6.27. The molecule has 0 aliphatic rings. The molecule has 1 N–H and O–H groups in total. The number of allylic oxidation sites excluding steroid dienone is 1. The van der Waals surface area contributed by atoms with Crippen LogP contribution in [0.5, 0.6) is 0 Å². The van der Waals surface area contributed by atoms with E-state index in [1.54, 1.807) is 12.1 Å². The van der Waals surface area contributed by atoms with E-state index in [0.717, 1.165) is 28.5 Å². The Morgan fingerprint density at radius 1 is 0.758 bits per heavy atom. The van der Waals surface area contributed by atoms with Crippen molar-refractivity contribution < 1.29 is 4.39 Å². The first-order valence-electron chi connectivity index (χ1n) is 11.3. The topological polar surface area (TPSA) is 12.0 Å². The summed E-state index contributed by atoms with van der Waals surface area (Å²) in [5.74, 6) is -0.220. The van der Waals surface area contributed by atoms with Crippen molar-refractivity contribution in [1.29, 1.82) is 0 Å². The summed E-state index contributed by atoms with van der Waals surface area (Å²) < 4.78 is 13.7. The molecule has 33 heavy (non-hydrogen) atoms. The lowest BCUT2D eigenvalue weighted by molar-refractivity contribution is 0.627. The number of benzene rings is 4. The van der Waals surface area contributed by atoms with Gasteiger partial charge in [0, 0.05) is 17.3 Å². The Morgan fingerprint density at radius 2 is 1.30 bits per heavy atom. The molecule has 0 heterocycles. The largest absolute Gasteiger partial charge is 0.382 e. The van der Waals surface area contributed by atoms with E-state index in [4.69, 9.17) is 0 Å². The number of anilines is 1. The van der Waals surface area contributed by atoms with Crippen LogP contribution in [0.2, 0.25) is 0 Å². The molecule has 0 spiro atoms. The lowest BCUT2D eigenvalue weighted by Crippen LogP contribution is -2.14. The number of nitrogens with one attached hydrogen (secondary N) is 1. The maximum Gasteiger partial charge on any atom is 0.123 e. The van der Waals surface area contributed by atoms with E-state index in [-0.39, 0.29) is 5.82 Å². The Kier molecular flexibility index (Phi) is 7.70. The van der Waals surface area contributed by atoms with Gasteiger partial charge < -0.3 is 5.32 Å². The van der Waals surface area contributed by atoms with Crippen molar-refractivity contribution >= 4 is 29.8 Å². The van der Waals surface area contributed by atoms with Crippen LogP contribution in [0.3, 0.4) is 0 Å². The monoisotopic (exact) mass is 453 g/mol. The van der Waals surface area contributed by atoms with E-state index in [0.29, 0.717) is 6.04 Å². The van der Waals surface area contributed by atoms with Crippen molar-refractivity contribution in [2.24, 2.45) is 0 Å². The molecule has 0 atom stereocenters. The fraction of sp³-hybridized carbons (Fsp3) is 0.133. The summed E-state index contributed by atoms with van der Waals surface area (Å²) in [7, 11) is -0.568. The second kappa shape index (κ2) is 11.1. The van der Waals surface area contributed by atoms with Gasteiger partial charge in [0.1, 0.15) is 5.82 Å². The fourth-order valence-electron chi connectivity index (χ4n) is 3.93. The summed E-state index contributed by atoms with van der Waals surface area (Å²) in [6.45, 7) is 4.28. The van der Waals surface area contributed by atoms with Gasteiger partial charge in [-0.2, -0.15) is 0 Å². The van der Waals surface area contributed by atoms with Crippen molar-refractivity contribution in [2.45, 2.75) is 19.9 Å². The molecule has 4 aromatic rings. The van der Waals surface area contributed by atoms with Crippen molar-refractivity contribution in [3.8, 4) is 0 Å². The van der Waals surface area contributed by atoms with E-state index in [2.05, 4.69) is 110 Å². The van der Waals surface area contributed by atoms with E-state index in [1.165, 1.54) is 10.6 Å². The molecule has 4 aromatic carbocycles. The molecule has 0 aliphatic heterocycles. The summed E-state index contributed by atoms with van der Waals surface area (Å²) in [6.07, 6.45) is 3.23. The molecule has 4 rings (SSSR count). The minimum Gasteiger partial charge on any atom is -0.382 e. The van der Waals surface area contributed by atoms with Crippen LogP contribution < -0.4 is 15.9 Å². The maximum absolute atomic E-state index is 13.7. The third-order valence-electron chi connectivity index (χ3n) is 5.43. The highest BCUT2D eigenvalue weighted by atomic mass is 31.1. The lowest BCUT2D eigenvalue weighted by Gasteiger charge is -2.20. The van der Waals surface area contributed by atoms with Gasteiger partial charge in [0.25, 0.3) is 0 Å². The van der Waals surface area contributed by atoms with Crippen LogP contribution in [0.15, 0.2) is 115 Å². The van der Waals surface area contributed by atoms with Gasteiger partial charge in [-0.25, -0.2) is 4.39 Å². The molecule has 0 fully saturated rings. The molecule has 0 saturated carbocycles. The Morgan fingerprint density at radius 3 is 1.88 bits per heavy atom. The Labute approximate surface area is 197 Å². The van der Waals surface area contributed by atoms with Crippen molar-refractivity contribution in [3.63, 3.8) is 0 Å². The zero-order chi connectivity index (χ0) is 23.0. The first-order valence-corrected chi connectivity index (χ1v) is 12.8. The lowest BCUT2D eigenvalue weighted by atomic mass is 9.96. The van der Waals surface area contributed by atoms with Crippen LogP contribution in [-0.2, 0) is 0 Å².